The van der Waals surface area contributed by atoms with E-state index in [9.17, 15) is 9.50 Å². The highest BCUT2D eigenvalue weighted by Crippen LogP contribution is 2.31. The first-order chi connectivity index (χ1) is 8.09. The van der Waals surface area contributed by atoms with Gasteiger partial charge >= 0.3 is 0 Å². The van der Waals surface area contributed by atoms with E-state index in [0.717, 1.165) is 37.9 Å². The molecule has 1 unspecified atom stereocenters. The van der Waals surface area contributed by atoms with Crippen LogP contribution in [0.1, 0.15) is 37.7 Å². The first-order valence-corrected chi connectivity index (χ1v) is 6.28. The van der Waals surface area contributed by atoms with E-state index in [2.05, 4.69) is 12.2 Å². The van der Waals surface area contributed by atoms with E-state index in [4.69, 9.17) is 0 Å². The molecule has 0 aromatic heterocycles. The highest BCUT2D eigenvalue weighted by molar-refractivity contribution is 5.20. The van der Waals surface area contributed by atoms with Crippen LogP contribution < -0.4 is 5.32 Å². The molecule has 94 valence electrons. The zero-order chi connectivity index (χ0) is 12.3. The fraction of sp³-hybridized carbons (Fsp3) is 0.571. The van der Waals surface area contributed by atoms with Crippen molar-refractivity contribution in [1.82, 2.24) is 5.32 Å². The zero-order valence-corrected chi connectivity index (χ0v) is 10.2. The van der Waals surface area contributed by atoms with Crippen LogP contribution in [0, 0.1) is 5.82 Å². The molecule has 1 aliphatic heterocycles. The van der Waals surface area contributed by atoms with Crippen molar-refractivity contribution in [3.8, 4) is 0 Å². The van der Waals surface area contributed by atoms with Gasteiger partial charge in [0.05, 0.1) is 5.60 Å². The summed E-state index contributed by atoms with van der Waals surface area (Å²) in [5, 5.41) is 13.7. The first kappa shape index (κ1) is 12.5. The molecule has 0 saturated carbocycles. The smallest absolute Gasteiger partial charge is 0.123 e. The van der Waals surface area contributed by atoms with Crippen LogP contribution >= 0.6 is 0 Å². The Kier molecular flexibility index (Phi) is 3.79. The third-order valence-corrected chi connectivity index (χ3v) is 3.66. The van der Waals surface area contributed by atoms with E-state index in [0.29, 0.717) is 0 Å². The Morgan fingerprint density at radius 1 is 1.29 bits per heavy atom. The van der Waals surface area contributed by atoms with Gasteiger partial charge in [0.15, 0.2) is 0 Å². The lowest BCUT2D eigenvalue weighted by atomic mass is 9.81. The molecule has 1 heterocycles. The fourth-order valence-electron chi connectivity index (χ4n) is 2.58. The normalized spacial score (nSPS) is 21.1. The van der Waals surface area contributed by atoms with Gasteiger partial charge in [-0.15, -0.1) is 0 Å². The summed E-state index contributed by atoms with van der Waals surface area (Å²) in [6.45, 7) is 3.85. The minimum Gasteiger partial charge on any atom is -0.390 e. The second-order valence-electron chi connectivity index (χ2n) is 5.13. The Bertz CT molecular complexity index is 357. The Balaban J connectivity index is 2.00. The predicted octanol–water partition coefficient (Wildman–Crippen LogP) is 2.43. The largest absolute Gasteiger partial charge is 0.390 e. The molecule has 1 atom stereocenters. The van der Waals surface area contributed by atoms with Crippen LogP contribution in [0.15, 0.2) is 24.3 Å². The van der Waals surface area contributed by atoms with Gasteiger partial charge < -0.3 is 10.4 Å². The minimum absolute atomic E-state index is 0.207. The van der Waals surface area contributed by atoms with Gasteiger partial charge in [0.1, 0.15) is 5.82 Å². The summed E-state index contributed by atoms with van der Waals surface area (Å²) in [7, 11) is 0. The van der Waals surface area contributed by atoms with Gasteiger partial charge in [-0.2, -0.15) is 0 Å². The molecular formula is C14H20FNO. The first-order valence-electron chi connectivity index (χ1n) is 6.28. The summed E-state index contributed by atoms with van der Waals surface area (Å²) in [6, 6.07) is 6.59. The molecule has 1 saturated heterocycles. The molecule has 0 bridgehead atoms. The molecule has 3 heteroatoms. The van der Waals surface area contributed by atoms with Crippen molar-refractivity contribution in [2.24, 2.45) is 0 Å². The Hall–Kier alpha value is -0.930. The molecule has 0 amide bonds. The minimum atomic E-state index is -0.556. The van der Waals surface area contributed by atoms with Crippen LogP contribution in [-0.4, -0.2) is 23.8 Å². The third-order valence-electron chi connectivity index (χ3n) is 3.66. The summed E-state index contributed by atoms with van der Waals surface area (Å²) in [6.07, 6.45) is 2.36. The van der Waals surface area contributed by atoms with E-state index < -0.39 is 5.60 Å². The Morgan fingerprint density at radius 2 is 1.88 bits per heavy atom. The summed E-state index contributed by atoms with van der Waals surface area (Å²) in [5.41, 5.74) is 0.539. The number of rotatable bonds is 3. The summed E-state index contributed by atoms with van der Waals surface area (Å²) in [4.78, 5) is 0. The van der Waals surface area contributed by atoms with E-state index in [1.807, 2.05) is 12.1 Å². The summed E-state index contributed by atoms with van der Waals surface area (Å²) in [5.74, 6) is 0.0558. The van der Waals surface area contributed by atoms with Gasteiger partial charge in [-0.3, -0.25) is 0 Å². The average molecular weight is 237 g/mol. The topological polar surface area (TPSA) is 32.3 Å². The lowest BCUT2D eigenvalue weighted by Gasteiger charge is -2.34. The second kappa shape index (κ2) is 5.15. The monoisotopic (exact) mass is 237 g/mol. The van der Waals surface area contributed by atoms with Gasteiger partial charge in [-0.05, 0) is 56.0 Å². The van der Waals surface area contributed by atoms with Gasteiger partial charge in [0, 0.05) is 0 Å². The Labute approximate surface area is 102 Å². The van der Waals surface area contributed by atoms with E-state index in [1.54, 1.807) is 0 Å². The van der Waals surface area contributed by atoms with Crippen LogP contribution in [0.4, 0.5) is 4.39 Å². The number of nitrogens with one attached hydrogen (secondary N) is 1. The molecule has 17 heavy (non-hydrogen) atoms. The molecule has 0 aliphatic carbocycles. The van der Waals surface area contributed by atoms with Crippen LogP contribution in [0.3, 0.4) is 0 Å². The van der Waals surface area contributed by atoms with Gasteiger partial charge in [-0.1, -0.05) is 19.1 Å². The summed E-state index contributed by atoms with van der Waals surface area (Å²) < 4.78 is 12.8. The number of halogens is 1. The molecule has 2 N–H and O–H groups in total. The highest BCUT2D eigenvalue weighted by Gasteiger charge is 2.31. The van der Waals surface area contributed by atoms with E-state index in [-0.39, 0.29) is 11.7 Å². The van der Waals surface area contributed by atoms with Crippen LogP contribution in [0.5, 0.6) is 0 Å². The lowest BCUT2D eigenvalue weighted by molar-refractivity contribution is -0.00245. The van der Waals surface area contributed by atoms with Crippen molar-refractivity contribution < 1.29 is 9.50 Å². The number of hydrogen-bond donors (Lipinski definition) is 2. The maximum Gasteiger partial charge on any atom is 0.123 e. The quantitative estimate of drug-likeness (QED) is 0.846. The SMILES string of the molecule is CC(CC1(O)CCNCC1)c1ccc(F)cc1. The maximum atomic E-state index is 12.8. The standard InChI is InChI=1S/C14H20FNO/c1-11(12-2-4-13(15)5-3-12)10-14(17)6-8-16-9-7-14/h2-5,11,16-17H,6-10H2,1H3. The summed E-state index contributed by atoms with van der Waals surface area (Å²) >= 11 is 0. The zero-order valence-electron chi connectivity index (χ0n) is 10.2. The van der Waals surface area contributed by atoms with Crippen molar-refractivity contribution in [1.29, 1.82) is 0 Å². The molecule has 0 spiro atoms. The highest BCUT2D eigenvalue weighted by atomic mass is 19.1. The number of benzene rings is 1. The molecule has 2 rings (SSSR count). The third kappa shape index (κ3) is 3.27. The molecule has 2 nitrogen and oxygen atoms in total. The second-order valence-corrected chi connectivity index (χ2v) is 5.13. The fourth-order valence-corrected chi connectivity index (χ4v) is 2.58. The maximum absolute atomic E-state index is 12.8. The van der Waals surface area contributed by atoms with Crippen molar-refractivity contribution >= 4 is 0 Å². The van der Waals surface area contributed by atoms with Crippen LogP contribution in [0.25, 0.3) is 0 Å². The van der Waals surface area contributed by atoms with Crippen molar-refractivity contribution in [3.63, 3.8) is 0 Å². The number of piperidine rings is 1. The van der Waals surface area contributed by atoms with Crippen LogP contribution in [0.2, 0.25) is 0 Å². The molecule has 1 aliphatic rings. The van der Waals surface area contributed by atoms with Crippen molar-refractivity contribution in [3.05, 3.63) is 35.6 Å². The van der Waals surface area contributed by atoms with E-state index in [1.165, 1.54) is 12.1 Å². The predicted molar refractivity (Wildman–Crippen MR) is 66.5 cm³/mol. The molecule has 1 fully saturated rings. The Morgan fingerprint density at radius 3 is 2.47 bits per heavy atom. The van der Waals surface area contributed by atoms with Gasteiger partial charge in [0.2, 0.25) is 0 Å². The molecule has 1 aromatic rings. The van der Waals surface area contributed by atoms with E-state index >= 15 is 0 Å². The van der Waals surface area contributed by atoms with Crippen LogP contribution in [-0.2, 0) is 0 Å². The molecular weight excluding hydrogens is 217 g/mol. The number of hydrogen-bond acceptors (Lipinski definition) is 2. The average Bonchev–Trinajstić information content (AvgIpc) is 2.30. The van der Waals surface area contributed by atoms with Crippen molar-refractivity contribution in [2.75, 3.05) is 13.1 Å². The molecule has 0 radical (unpaired) electrons. The molecule has 1 aromatic carbocycles. The van der Waals surface area contributed by atoms with Gasteiger partial charge in [0.25, 0.3) is 0 Å². The van der Waals surface area contributed by atoms with Gasteiger partial charge in [-0.25, -0.2) is 4.39 Å². The van der Waals surface area contributed by atoms with Crippen molar-refractivity contribution in [2.45, 2.75) is 37.7 Å². The lowest BCUT2D eigenvalue weighted by Crippen LogP contribution is -2.42. The number of aliphatic hydroxyl groups is 1.